The normalized spacial score (nSPS) is 13.5. The number of carbonyl (C=O) groups is 2. The van der Waals surface area contributed by atoms with Crippen LogP contribution in [-0.2, 0) is 12.8 Å². The van der Waals surface area contributed by atoms with Gasteiger partial charge in [-0.3, -0.25) is 14.4 Å². The van der Waals surface area contributed by atoms with Crippen molar-refractivity contribution in [1.82, 2.24) is 10.3 Å². The molecule has 0 radical (unpaired) electrons. The van der Waals surface area contributed by atoms with Gasteiger partial charge in [0, 0.05) is 24.2 Å². The van der Waals surface area contributed by atoms with Crippen LogP contribution in [-0.4, -0.2) is 23.2 Å². The van der Waals surface area contributed by atoms with E-state index in [9.17, 15) is 18.8 Å². The fraction of sp³-hybridized carbons (Fsp3) is 0.278. The molecule has 0 fully saturated rings. The summed E-state index contributed by atoms with van der Waals surface area (Å²) in [5, 5.41) is 2.66. The fourth-order valence-electron chi connectivity index (χ4n) is 2.81. The van der Waals surface area contributed by atoms with Crippen LogP contribution in [0.1, 0.15) is 44.8 Å². The minimum Gasteiger partial charge on any atom is -0.352 e. The summed E-state index contributed by atoms with van der Waals surface area (Å²) < 4.78 is 12.8. The number of hydrogen-bond donors (Lipinski definition) is 2. The van der Waals surface area contributed by atoms with Crippen molar-refractivity contribution < 1.29 is 14.0 Å². The maximum Gasteiger partial charge on any atom is 0.261 e. The van der Waals surface area contributed by atoms with Gasteiger partial charge in [0.15, 0.2) is 5.78 Å². The van der Waals surface area contributed by atoms with E-state index in [1.165, 1.54) is 18.2 Å². The number of benzene rings is 1. The van der Waals surface area contributed by atoms with Crippen molar-refractivity contribution in [1.29, 1.82) is 0 Å². The molecule has 0 spiro atoms. The lowest BCUT2D eigenvalue weighted by Gasteiger charge is -2.15. The summed E-state index contributed by atoms with van der Waals surface area (Å²) in [6.07, 6.45) is 2.31. The van der Waals surface area contributed by atoms with E-state index >= 15 is 0 Å². The maximum atomic E-state index is 12.8. The van der Waals surface area contributed by atoms with Crippen molar-refractivity contribution in [3.63, 3.8) is 0 Å². The number of amides is 1. The Morgan fingerprint density at radius 1 is 1.17 bits per heavy atom. The third-order valence-electron chi connectivity index (χ3n) is 4.11. The van der Waals surface area contributed by atoms with Crippen molar-refractivity contribution in [2.45, 2.75) is 25.7 Å². The van der Waals surface area contributed by atoms with Crippen LogP contribution < -0.4 is 10.9 Å². The van der Waals surface area contributed by atoms with Gasteiger partial charge < -0.3 is 10.3 Å². The summed E-state index contributed by atoms with van der Waals surface area (Å²) in [5.41, 5.74) is 1.39. The highest BCUT2D eigenvalue weighted by molar-refractivity contribution is 6.01. The molecule has 1 heterocycles. The molecule has 124 valence electrons. The molecule has 2 aromatic rings. The number of Topliss-reactive ketones (excluding diaryl/α,β-unsaturated/α-hetero) is 1. The Kier molecular flexibility index (Phi) is 4.55. The van der Waals surface area contributed by atoms with Crippen LogP contribution in [0.15, 0.2) is 35.1 Å². The quantitative estimate of drug-likeness (QED) is 0.901. The molecule has 0 saturated carbocycles. The van der Waals surface area contributed by atoms with Crippen LogP contribution in [0.4, 0.5) is 4.39 Å². The van der Waals surface area contributed by atoms with E-state index in [1.54, 1.807) is 12.1 Å². The number of ketones is 1. The summed E-state index contributed by atoms with van der Waals surface area (Å²) in [6, 6.07) is 7.40. The number of aromatic amines is 1. The molecule has 3 rings (SSSR count). The molecule has 1 amide bonds. The van der Waals surface area contributed by atoms with E-state index in [2.05, 4.69) is 10.3 Å². The van der Waals surface area contributed by atoms with E-state index in [1.807, 2.05) is 0 Å². The van der Waals surface area contributed by atoms with Gasteiger partial charge in [-0.2, -0.15) is 0 Å². The molecule has 5 nitrogen and oxygen atoms in total. The van der Waals surface area contributed by atoms with Crippen molar-refractivity contribution in [3.8, 4) is 0 Å². The van der Waals surface area contributed by atoms with E-state index in [0.717, 1.165) is 5.56 Å². The molecule has 0 aliphatic heterocycles. The second kappa shape index (κ2) is 6.78. The van der Waals surface area contributed by atoms with Gasteiger partial charge in [-0.05, 0) is 43.0 Å². The van der Waals surface area contributed by atoms with E-state index in [-0.39, 0.29) is 17.2 Å². The first-order valence-electron chi connectivity index (χ1n) is 7.86. The average molecular weight is 328 g/mol. The van der Waals surface area contributed by atoms with Crippen molar-refractivity contribution in [2.75, 3.05) is 6.54 Å². The molecule has 0 atom stereocenters. The number of aromatic nitrogens is 1. The number of rotatable bonds is 4. The summed E-state index contributed by atoms with van der Waals surface area (Å²) in [5.74, 6) is -0.875. The summed E-state index contributed by atoms with van der Waals surface area (Å²) in [4.78, 5) is 38.8. The van der Waals surface area contributed by atoms with Gasteiger partial charge >= 0.3 is 0 Å². The molecule has 1 aliphatic carbocycles. The maximum absolute atomic E-state index is 12.8. The topological polar surface area (TPSA) is 79.0 Å². The Labute approximate surface area is 137 Å². The van der Waals surface area contributed by atoms with Crippen LogP contribution in [0.25, 0.3) is 0 Å². The number of pyridine rings is 1. The largest absolute Gasteiger partial charge is 0.352 e. The molecule has 6 heteroatoms. The average Bonchev–Trinajstić information content (AvgIpc) is 2.56. The van der Waals surface area contributed by atoms with Crippen molar-refractivity contribution >= 4 is 11.7 Å². The Balaban J connectivity index is 1.69. The van der Waals surface area contributed by atoms with Gasteiger partial charge in [-0.25, -0.2) is 4.39 Å². The number of aryl methyl sites for hydroxylation is 1. The molecule has 24 heavy (non-hydrogen) atoms. The molecule has 1 aliphatic rings. The highest BCUT2D eigenvalue weighted by Crippen LogP contribution is 2.18. The number of nitrogens with one attached hydrogen (secondary N) is 2. The number of halogens is 1. The lowest BCUT2D eigenvalue weighted by Crippen LogP contribution is -2.32. The van der Waals surface area contributed by atoms with Gasteiger partial charge in [0.2, 0.25) is 0 Å². The molecular weight excluding hydrogens is 311 g/mol. The Morgan fingerprint density at radius 3 is 2.67 bits per heavy atom. The molecule has 0 unspecified atom stereocenters. The van der Waals surface area contributed by atoms with Gasteiger partial charge in [-0.1, -0.05) is 12.1 Å². The van der Waals surface area contributed by atoms with E-state index in [4.69, 9.17) is 0 Å². The number of fused-ring (bicyclic) bond motifs is 1. The predicted octanol–water partition coefficient (Wildman–Crippen LogP) is 2.01. The highest BCUT2D eigenvalue weighted by atomic mass is 19.1. The van der Waals surface area contributed by atoms with Crippen molar-refractivity contribution in [2.24, 2.45) is 0 Å². The number of carbonyl (C=O) groups excluding carboxylic acids is 2. The summed E-state index contributed by atoms with van der Waals surface area (Å²) in [7, 11) is 0. The smallest absolute Gasteiger partial charge is 0.261 e. The summed E-state index contributed by atoms with van der Waals surface area (Å²) in [6.45, 7) is 0.314. The second-order valence-electron chi connectivity index (χ2n) is 5.81. The standard InChI is InChI=1S/C18H17FN2O3/c19-12-6-4-11(5-7-12)8-9-20-17(23)14-10-13-15(21-18(14)24)2-1-3-16(13)22/h4-7,10H,1-3,8-9H2,(H,20,23)(H,21,24). The molecule has 0 bridgehead atoms. The summed E-state index contributed by atoms with van der Waals surface area (Å²) >= 11 is 0. The molecule has 1 aromatic heterocycles. The first-order chi connectivity index (χ1) is 11.5. The Bertz CT molecular complexity index is 840. The van der Waals surface area contributed by atoms with E-state index in [0.29, 0.717) is 43.5 Å². The zero-order chi connectivity index (χ0) is 17.1. The van der Waals surface area contributed by atoms with E-state index < -0.39 is 11.5 Å². The van der Waals surface area contributed by atoms with Gasteiger partial charge in [0.1, 0.15) is 11.4 Å². The van der Waals surface area contributed by atoms with Crippen LogP contribution in [0.2, 0.25) is 0 Å². The third-order valence-corrected chi connectivity index (χ3v) is 4.11. The van der Waals surface area contributed by atoms with Crippen LogP contribution in [0, 0.1) is 5.82 Å². The Hall–Kier alpha value is -2.76. The molecule has 0 saturated heterocycles. The monoisotopic (exact) mass is 328 g/mol. The van der Waals surface area contributed by atoms with Gasteiger partial charge in [-0.15, -0.1) is 0 Å². The lowest BCUT2D eigenvalue weighted by atomic mass is 9.93. The zero-order valence-electron chi connectivity index (χ0n) is 13.0. The van der Waals surface area contributed by atoms with Gasteiger partial charge in [0.25, 0.3) is 11.5 Å². The van der Waals surface area contributed by atoms with Crippen molar-refractivity contribution in [3.05, 3.63) is 68.9 Å². The van der Waals surface area contributed by atoms with Crippen LogP contribution >= 0.6 is 0 Å². The highest BCUT2D eigenvalue weighted by Gasteiger charge is 2.21. The molecule has 1 aromatic carbocycles. The minimum absolute atomic E-state index is 0.0483. The minimum atomic E-state index is -0.514. The van der Waals surface area contributed by atoms with Gasteiger partial charge in [0.05, 0.1) is 0 Å². The number of H-pyrrole nitrogens is 1. The molecule has 2 N–H and O–H groups in total. The van der Waals surface area contributed by atoms with Crippen LogP contribution in [0.3, 0.4) is 0 Å². The van der Waals surface area contributed by atoms with Crippen LogP contribution in [0.5, 0.6) is 0 Å². The first kappa shape index (κ1) is 16.1. The predicted molar refractivity (Wildman–Crippen MR) is 86.8 cm³/mol. The Morgan fingerprint density at radius 2 is 1.92 bits per heavy atom. The number of hydrogen-bond acceptors (Lipinski definition) is 3. The third kappa shape index (κ3) is 3.42. The second-order valence-corrected chi connectivity index (χ2v) is 5.81. The lowest BCUT2D eigenvalue weighted by molar-refractivity contribution is 0.0952. The zero-order valence-corrected chi connectivity index (χ0v) is 13.0. The SMILES string of the molecule is O=C1CCCc2[nH]c(=O)c(C(=O)NCCc3ccc(F)cc3)cc21. The fourth-order valence-corrected chi connectivity index (χ4v) is 2.81. The first-order valence-corrected chi connectivity index (χ1v) is 7.86. The molecular formula is C18H17FN2O3.